The largest absolute Gasteiger partial charge is 0.471 e. The zero-order valence-corrected chi connectivity index (χ0v) is 20.3. The number of alkyl halides is 3. The molecule has 1 amide bonds. The van der Waals surface area contributed by atoms with Gasteiger partial charge in [-0.25, -0.2) is 0 Å². The Morgan fingerprint density at radius 2 is 1.71 bits per heavy atom. The van der Waals surface area contributed by atoms with Crippen LogP contribution < -0.4 is 10.2 Å². The molecule has 0 saturated heterocycles. The Morgan fingerprint density at radius 3 is 2.39 bits per heavy atom. The van der Waals surface area contributed by atoms with Crippen molar-refractivity contribution in [1.29, 1.82) is 0 Å². The summed E-state index contributed by atoms with van der Waals surface area (Å²) in [6.45, 7) is 0. The second-order valence-corrected chi connectivity index (χ2v) is 9.48. The number of nitro groups is 1. The minimum Gasteiger partial charge on any atom is -0.357 e. The molecule has 0 aromatic heterocycles. The van der Waals surface area contributed by atoms with Crippen molar-refractivity contribution in [3.8, 4) is 0 Å². The fourth-order valence-corrected chi connectivity index (χ4v) is 5.16. The number of carbonyl (C=O) groups excluding carboxylic acids is 2. The van der Waals surface area contributed by atoms with Crippen LogP contribution in [-0.4, -0.2) is 22.8 Å². The van der Waals surface area contributed by atoms with E-state index in [1.807, 2.05) is 0 Å². The average Bonchev–Trinajstić information content (AvgIpc) is 3.03. The number of nitrogens with one attached hydrogen (secondary N) is 1. The van der Waals surface area contributed by atoms with Crippen LogP contribution >= 0.6 is 11.6 Å². The Hall–Kier alpha value is -4.18. The first-order valence-electron chi connectivity index (χ1n) is 11.6. The third kappa shape index (κ3) is 4.63. The first-order chi connectivity index (χ1) is 18.0. The van der Waals surface area contributed by atoms with Gasteiger partial charge in [0, 0.05) is 34.8 Å². The van der Waals surface area contributed by atoms with Gasteiger partial charge in [0.1, 0.15) is 0 Å². The van der Waals surface area contributed by atoms with Crippen molar-refractivity contribution in [2.75, 3.05) is 10.2 Å². The Kier molecular flexibility index (Phi) is 6.44. The number of Topliss-reactive ketones (excluding diaryl/α,β-unsaturated/α-hetero) is 1. The van der Waals surface area contributed by atoms with Gasteiger partial charge in [0.25, 0.3) is 5.69 Å². The Bertz CT molecular complexity index is 1490. The van der Waals surface area contributed by atoms with Crippen LogP contribution in [-0.2, 0) is 9.59 Å². The second kappa shape index (κ2) is 9.60. The predicted octanol–water partition coefficient (Wildman–Crippen LogP) is 6.71. The highest BCUT2D eigenvalue weighted by molar-refractivity contribution is 6.30. The molecule has 1 aliphatic carbocycles. The molecule has 1 aliphatic heterocycles. The number of hydrogen-bond acceptors (Lipinski definition) is 5. The molecule has 0 radical (unpaired) electrons. The summed E-state index contributed by atoms with van der Waals surface area (Å²) in [4.78, 5) is 38.0. The zero-order valence-electron chi connectivity index (χ0n) is 19.5. The highest BCUT2D eigenvalue weighted by Gasteiger charge is 2.50. The van der Waals surface area contributed by atoms with Crippen LogP contribution in [0.5, 0.6) is 0 Å². The monoisotopic (exact) mass is 541 g/mol. The first kappa shape index (κ1) is 25.5. The summed E-state index contributed by atoms with van der Waals surface area (Å²) in [5, 5.41) is 14.7. The van der Waals surface area contributed by atoms with Gasteiger partial charge < -0.3 is 5.32 Å². The maximum atomic E-state index is 13.9. The lowest BCUT2D eigenvalue weighted by Crippen LogP contribution is -2.45. The molecule has 11 heteroatoms. The molecule has 1 heterocycles. The molecule has 0 bridgehead atoms. The number of ketones is 1. The second-order valence-electron chi connectivity index (χ2n) is 9.04. The first-order valence-corrected chi connectivity index (χ1v) is 11.9. The standard InChI is InChI=1S/C27H19ClF3N3O4/c28-18-10-8-15(9-11-18)25-24-21(13-17(14-23(24)35)16-4-3-5-19(12-16)34(37)38)32-20-6-1-2-7-22(20)33(25)26(36)27(29,30)31/h1-12,17,25,32H,13-14H2/t17-,25-/m0/s1. The molecule has 0 spiro atoms. The molecular formula is C27H19ClF3N3O4. The lowest BCUT2D eigenvalue weighted by Gasteiger charge is -2.35. The number of para-hydroxylation sites is 2. The maximum absolute atomic E-state index is 13.9. The van der Waals surface area contributed by atoms with E-state index in [-0.39, 0.29) is 41.0 Å². The Balaban J connectivity index is 1.71. The van der Waals surface area contributed by atoms with Gasteiger partial charge >= 0.3 is 12.1 Å². The Morgan fingerprint density at radius 1 is 1.00 bits per heavy atom. The number of nitrogens with zero attached hydrogens (tertiary/aromatic N) is 2. The quantitative estimate of drug-likeness (QED) is 0.294. The molecule has 2 atom stereocenters. The molecular weight excluding hydrogens is 523 g/mol. The lowest BCUT2D eigenvalue weighted by atomic mass is 9.78. The van der Waals surface area contributed by atoms with E-state index >= 15 is 0 Å². The summed E-state index contributed by atoms with van der Waals surface area (Å²) in [7, 11) is 0. The highest BCUT2D eigenvalue weighted by Crippen LogP contribution is 2.48. The third-order valence-corrected chi connectivity index (χ3v) is 6.94. The molecule has 5 rings (SSSR count). The van der Waals surface area contributed by atoms with E-state index in [0.717, 1.165) is 0 Å². The van der Waals surface area contributed by atoms with Crippen molar-refractivity contribution in [1.82, 2.24) is 0 Å². The Labute approximate surface area is 219 Å². The predicted molar refractivity (Wildman–Crippen MR) is 135 cm³/mol. The van der Waals surface area contributed by atoms with E-state index in [0.29, 0.717) is 21.2 Å². The van der Waals surface area contributed by atoms with E-state index in [2.05, 4.69) is 5.32 Å². The van der Waals surface area contributed by atoms with E-state index in [4.69, 9.17) is 11.6 Å². The summed E-state index contributed by atoms with van der Waals surface area (Å²) in [5.74, 6) is -3.05. The molecule has 7 nitrogen and oxygen atoms in total. The van der Waals surface area contributed by atoms with E-state index in [9.17, 15) is 32.9 Å². The number of carbonyl (C=O) groups is 2. The summed E-state index contributed by atoms with van der Waals surface area (Å²) in [6, 6.07) is 16.5. The summed E-state index contributed by atoms with van der Waals surface area (Å²) >= 11 is 6.02. The molecule has 1 N–H and O–H groups in total. The van der Waals surface area contributed by atoms with Gasteiger partial charge in [-0.3, -0.25) is 24.6 Å². The van der Waals surface area contributed by atoms with Crippen molar-refractivity contribution in [2.24, 2.45) is 0 Å². The normalized spacial score (nSPS) is 19.3. The number of fused-ring (bicyclic) bond motifs is 1. The fraction of sp³-hybridized carbons (Fsp3) is 0.185. The molecule has 38 heavy (non-hydrogen) atoms. The SMILES string of the molecule is O=C1C[C@@H](c2cccc([N+](=O)[O-])c2)CC2=C1[C@H](c1ccc(Cl)cc1)N(C(=O)C(F)(F)F)c1ccccc1N2. The minimum absolute atomic E-state index is 0.0304. The van der Waals surface area contributed by atoms with Crippen LogP contribution in [0.3, 0.4) is 0 Å². The summed E-state index contributed by atoms with van der Waals surface area (Å²) in [6.07, 6.45) is -5.13. The van der Waals surface area contributed by atoms with Crippen molar-refractivity contribution >= 4 is 40.4 Å². The van der Waals surface area contributed by atoms with Gasteiger partial charge in [0.15, 0.2) is 5.78 Å². The highest BCUT2D eigenvalue weighted by atomic mass is 35.5. The number of nitro benzene ring substituents is 1. The molecule has 2 aliphatic rings. The molecule has 194 valence electrons. The van der Waals surface area contributed by atoms with Gasteiger partial charge in [-0.15, -0.1) is 0 Å². The van der Waals surface area contributed by atoms with Gasteiger partial charge in [0.05, 0.1) is 22.3 Å². The molecule has 0 unspecified atom stereocenters. The lowest BCUT2D eigenvalue weighted by molar-refractivity contribution is -0.384. The smallest absolute Gasteiger partial charge is 0.357 e. The van der Waals surface area contributed by atoms with Crippen LogP contribution in [0.15, 0.2) is 84.1 Å². The molecule has 0 fully saturated rings. The number of hydrogen-bond donors (Lipinski definition) is 1. The van der Waals surface area contributed by atoms with Gasteiger partial charge in [-0.05, 0) is 47.7 Å². The number of rotatable bonds is 3. The van der Waals surface area contributed by atoms with Crippen LogP contribution in [0.2, 0.25) is 5.02 Å². The van der Waals surface area contributed by atoms with E-state index < -0.39 is 34.7 Å². The summed E-state index contributed by atoms with van der Waals surface area (Å²) in [5.41, 5.74) is 1.27. The fourth-order valence-electron chi connectivity index (χ4n) is 5.04. The van der Waals surface area contributed by atoms with Crippen molar-refractivity contribution in [3.05, 3.63) is 110 Å². The average molecular weight is 542 g/mol. The number of anilines is 2. The number of allylic oxidation sites excluding steroid dienone is 1. The van der Waals surface area contributed by atoms with Crippen LogP contribution in [0.4, 0.5) is 30.2 Å². The number of amides is 1. The van der Waals surface area contributed by atoms with Crippen molar-refractivity contribution in [2.45, 2.75) is 31.0 Å². The molecule has 0 saturated carbocycles. The van der Waals surface area contributed by atoms with Crippen molar-refractivity contribution < 1.29 is 27.7 Å². The van der Waals surface area contributed by atoms with Crippen LogP contribution in [0, 0.1) is 10.1 Å². The van der Waals surface area contributed by atoms with E-state index in [1.54, 1.807) is 12.1 Å². The number of non-ortho nitro benzene ring substituents is 1. The molecule has 3 aromatic rings. The van der Waals surface area contributed by atoms with E-state index in [1.165, 1.54) is 60.7 Å². The van der Waals surface area contributed by atoms with Crippen LogP contribution in [0.1, 0.15) is 35.9 Å². The third-order valence-electron chi connectivity index (χ3n) is 6.69. The number of halogens is 4. The maximum Gasteiger partial charge on any atom is 0.471 e. The molecule has 3 aromatic carbocycles. The van der Waals surface area contributed by atoms with Gasteiger partial charge in [-0.2, -0.15) is 13.2 Å². The van der Waals surface area contributed by atoms with Gasteiger partial charge in [-0.1, -0.05) is 48.0 Å². The zero-order chi connectivity index (χ0) is 27.2. The van der Waals surface area contributed by atoms with Crippen LogP contribution in [0.25, 0.3) is 0 Å². The topological polar surface area (TPSA) is 92.5 Å². The summed E-state index contributed by atoms with van der Waals surface area (Å²) < 4.78 is 41.8. The minimum atomic E-state index is -5.22. The number of benzene rings is 3. The van der Waals surface area contributed by atoms with Gasteiger partial charge in [0.2, 0.25) is 0 Å². The van der Waals surface area contributed by atoms with Crippen molar-refractivity contribution in [3.63, 3.8) is 0 Å².